The summed E-state index contributed by atoms with van der Waals surface area (Å²) in [6.07, 6.45) is 4.14. The van der Waals surface area contributed by atoms with Crippen molar-refractivity contribution in [1.82, 2.24) is 15.3 Å². The molecule has 36 heavy (non-hydrogen) atoms. The third-order valence-electron chi connectivity index (χ3n) is 6.12. The van der Waals surface area contributed by atoms with Gasteiger partial charge in [-0.1, -0.05) is 36.9 Å². The Morgan fingerprint density at radius 3 is 2.83 bits per heavy atom. The van der Waals surface area contributed by atoms with Crippen molar-refractivity contribution in [2.24, 2.45) is 0 Å². The molecule has 8 nitrogen and oxygen atoms in total. The van der Waals surface area contributed by atoms with Crippen molar-refractivity contribution in [3.8, 4) is 16.9 Å². The Morgan fingerprint density at radius 1 is 1.14 bits per heavy atom. The third-order valence-corrected chi connectivity index (χ3v) is 6.12. The molecule has 0 spiro atoms. The maximum atomic E-state index is 11.7. The Labute approximate surface area is 209 Å². The first-order valence-corrected chi connectivity index (χ1v) is 11.8. The van der Waals surface area contributed by atoms with Crippen molar-refractivity contribution in [1.29, 1.82) is 0 Å². The molecule has 0 unspecified atom stereocenters. The minimum Gasteiger partial charge on any atom is -0.494 e. The number of benzene rings is 3. The molecule has 0 aliphatic carbocycles. The molecule has 0 bridgehead atoms. The van der Waals surface area contributed by atoms with Gasteiger partial charge < -0.3 is 26.0 Å². The van der Waals surface area contributed by atoms with Crippen LogP contribution in [-0.4, -0.2) is 42.1 Å². The second-order valence-corrected chi connectivity index (χ2v) is 8.59. The summed E-state index contributed by atoms with van der Waals surface area (Å²) in [5.74, 6) is 0.910. The van der Waals surface area contributed by atoms with E-state index in [-0.39, 0.29) is 5.91 Å². The first kappa shape index (κ1) is 23.3. The van der Waals surface area contributed by atoms with E-state index in [2.05, 4.69) is 32.8 Å². The summed E-state index contributed by atoms with van der Waals surface area (Å²) in [7, 11) is 1.65. The highest BCUT2D eigenvalue weighted by molar-refractivity contribution is 6.00. The summed E-state index contributed by atoms with van der Waals surface area (Å²) in [5.41, 5.74) is 5.14. The van der Waals surface area contributed by atoms with Gasteiger partial charge in [0.1, 0.15) is 5.75 Å². The molecule has 1 aliphatic heterocycles. The molecule has 4 aromatic rings. The lowest BCUT2D eigenvalue weighted by atomic mass is 10.0. The van der Waals surface area contributed by atoms with Crippen LogP contribution < -0.4 is 26.0 Å². The predicted octanol–water partition coefficient (Wildman–Crippen LogP) is 4.95. The summed E-state index contributed by atoms with van der Waals surface area (Å²) in [5, 5.41) is 13.9. The monoisotopic (exact) mass is 480 g/mol. The highest BCUT2D eigenvalue weighted by atomic mass is 16.5. The van der Waals surface area contributed by atoms with Crippen LogP contribution in [0.15, 0.2) is 79.5 Å². The summed E-state index contributed by atoms with van der Waals surface area (Å²) >= 11 is 0. The van der Waals surface area contributed by atoms with Crippen LogP contribution in [0.1, 0.15) is 6.42 Å². The molecule has 1 aliphatic rings. The van der Waals surface area contributed by atoms with Crippen molar-refractivity contribution in [3.05, 3.63) is 79.5 Å². The molecule has 182 valence electrons. The number of fused-ring (bicyclic) bond motifs is 1. The number of ether oxygens (including phenoxy) is 1. The Balaban J connectivity index is 1.44. The van der Waals surface area contributed by atoms with E-state index in [1.54, 1.807) is 13.3 Å². The van der Waals surface area contributed by atoms with Crippen LogP contribution in [-0.2, 0) is 4.79 Å². The van der Waals surface area contributed by atoms with E-state index in [9.17, 15) is 4.79 Å². The first-order chi connectivity index (χ1) is 17.6. The number of nitrogens with one attached hydrogen (secondary N) is 4. The Morgan fingerprint density at radius 2 is 2.03 bits per heavy atom. The van der Waals surface area contributed by atoms with Gasteiger partial charge in [-0.15, -0.1) is 0 Å². The molecule has 1 fully saturated rings. The Kier molecular flexibility index (Phi) is 6.77. The second kappa shape index (κ2) is 10.5. The fourth-order valence-electron chi connectivity index (χ4n) is 4.32. The maximum absolute atomic E-state index is 11.7. The smallest absolute Gasteiger partial charge is 0.247 e. The van der Waals surface area contributed by atoms with Crippen LogP contribution in [0.3, 0.4) is 0 Å². The molecule has 0 saturated carbocycles. The van der Waals surface area contributed by atoms with Crippen molar-refractivity contribution >= 4 is 39.8 Å². The Hall–Kier alpha value is -4.43. The lowest BCUT2D eigenvalue weighted by Gasteiger charge is -2.16. The number of methoxy groups -OCH3 is 1. The largest absolute Gasteiger partial charge is 0.494 e. The topological polar surface area (TPSA) is 100 Å². The van der Waals surface area contributed by atoms with Crippen LogP contribution in [0.25, 0.3) is 22.0 Å². The molecule has 3 aromatic carbocycles. The zero-order chi connectivity index (χ0) is 24.9. The van der Waals surface area contributed by atoms with E-state index < -0.39 is 0 Å². The quantitative estimate of drug-likeness (QED) is 0.265. The number of anilines is 4. The van der Waals surface area contributed by atoms with Crippen molar-refractivity contribution in [2.45, 2.75) is 12.5 Å². The summed E-state index contributed by atoms with van der Waals surface area (Å²) in [4.78, 5) is 21.1. The summed E-state index contributed by atoms with van der Waals surface area (Å²) in [6.45, 7) is 5.50. The summed E-state index contributed by atoms with van der Waals surface area (Å²) in [6, 6.07) is 20.0. The van der Waals surface area contributed by atoms with Gasteiger partial charge in [0.2, 0.25) is 11.9 Å². The molecule has 1 aromatic heterocycles. The summed E-state index contributed by atoms with van der Waals surface area (Å²) < 4.78 is 5.64. The van der Waals surface area contributed by atoms with Gasteiger partial charge in [0.05, 0.1) is 18.3 Å². The van der Waals surface area contributed by atoms with Crippen LogP contribution >= 0.6 is 0 Å². The van der Waals surface area contributed by atoms with Crippen molar-refractivity contribution in [2.75, 3.05) is 36.1 Å². The molecule has 2 heterocycles. The minimum absolute atomic E-state index is 0.256. The number of amides is 1. The van der Waals surface area contributed by atoms with Crippen LogP contribution in [0.2, 0.25) is 0 Å². The van der Waals surface area contributed by atoms with E-state index in [1.807, 2.05) is 60.7 Å². The van der Waals surface area contributed by atoms with Crippen molar-refractivity contribution < 1.29 is 9.53 Å². The Bertz CT molecular complexity index is 1410. The van der Waals surface area contributed by atoms with Crippen LogP contribution in [0.4, 0.5) is 23.0 Å². The number of hydrogen-bond donors (Lipinski definition) is 4. The molecular formula is C28H28N6O2. The molecule has 1 atom stereocenters. The van der Waals surface area contributed by atoms with Gasteiger partial charge in [-0.05, 0) is 48.9 Å². The highest BCUT2D eigenvalue weighted by Gasteiger charge is 2.15. The molecule has 1 saturated heterocycles. The maximum Gasteiger partial charge on any atom is 0.247 e. The van der Waals surface area contributed by atoms with E-state index in [0.717, 1.165) is 52.9 Å². The van der Waals surface area contributed by atoms with Crippen molar-refractivity contribution in [3.63, 3.8) is 0 Å². The zero-order valence-electron chi connectivity index (χ0n) is 20.0. The first-order valence-electron chi connectivity index (χ1n) is 11.8. The molecule has 4 N–H and O–H groups in total. The van der Waals surface area contributed by atoms with Gasteiger partial charge in [0, 0.05) is 47.2 Å². The molecule has 1 amide bonds. The van der Waals surface area contributed by atoms with Gasteiger partial charge in [0.15, 0.2) is 0 Å². The number of aromatic nitrogens is 2. The van der Waals surface area contributed by atoms with Gasteiger partial charge in [-0.25, -0.2) is 9.97 Å². The third kappa shape index (κ3) is 5.13. The van der Waals surface area contributed by atoms with Gasteiger partial charge in [-0.2, -0.15) is 0 Å². The lowest BCUT2D eigenvalue weighted by Crippen LogP contribution is -2.22. The number of rotatable bonds is 8. The fraction of sp³-hybridized carbons (Fsp3) is 0.179. The average Bonchev–Trinajstić information content (AvgIpc) is 3.42. The standard InChI is InChI=1S/C28H28N6O2/c1-3-26(35)32-20-8-4-6-18(14-20)23-9-5-7-19-16-30-28(34-27(19)23)33-24-11-10-21(15-25(24)36-2)31-22-12-13-29-17-22/h3-11,14-16,22,29,31H,1,12-13,17H2,2H3,(H,32,35)(H,30,33,34)/t22-/m0/s1. The fourth-order valence-corrected chi connectivity index (χ4v) is 4.32. The van der Waals surface area contributed by atoms with Gasteiger partial charge in [-0.3, -0.25) is 4.79 Å². The molecule has 8 heteroatoms. The number of carbonyl (C=O) groups excluding carboxylic acids is 1. The lowest BCUT2D eigenvalue weighted by molar-refractivity contribution is -0.111. The van der Waals surface area contributed by atoms with E-state index >= 15 is 0 Å². The zero-order valence-corrected chi connectivity index (χ0v) is 20.0. The number of nitrogens with zero attached hydrogens (tertiary/aromatic N) is 2. The van der Waals surface area contributed by atoms with E-state index in [4.69, 9.17) is 9.72 Å². The predicted molar refractivity (Wildman–Crippen MR) is 145 cm³/mol. The second-order valence-electron chi connectivity index (χ2n) is 8.59. The number of carbonyl (C=O) groups is 1. The van der Waals surface area contributed by atoms with E-state index in [0.29, 0.717) is 23.4 Å². The highest BCUT2D eigenvalue weighted by Crippen LogP contribution is 2.33. The normalized spacial score (nSPS) is 14.9. The van der Waals surface area contributed by atoms with E-state index in [1.165, 1.54) is 6.08 Å². The SMILES string of the molecule is C=CC(=O)Nc1cccc(-c2cccc3cnc(Nc4ccc(N[C@H]5CCNC5)cc4OC)nc23)c1. The molecule has 0 radical (unpaired) electrons. The number of para-hydroxylation sites is 1. The molecule has 5 rings (SSSR count). The minimum atomic E-state index is -0.256. The average molecular weight is 481 g/mol. The van der Waals surface area contributed by atoms with Gasteiger partial charge >= 0.3 is 0 Å². The van der Waals surface area contributed by atoms with Crippen LogP contribution in [0.5, 0.6) is 5.75 Å². The molecular weight excluding hydrogens is 452 g/mol. The van der Waals surface area contributed by atoms with Gasteiger partial charge in [0.25, 0.3) is 0 Å². The number of hydrogen-bond acceptors (Lipinski definition) is 7. The van der Waals surface area contributed by atoms with Crippen LogP contribution in [0, 0.1) is 0 Å².